The molecule has 0 atom stereocenters. The lowest BCUT2D eigenvalue weighted by Gasteiger charge is -2.33. The second-order valence-electron chi connectivity index (χ2n) is 7.62. The maximum atomic E-state index is 13.2. The lowest BCUT2D eigenvalue weighted by molar-refractivity contribution is -0.162. The van der Waals surface area contributed by atoms with Crippen molar-refractivity contribution in [3.05, 3.63) is 54.5 Å². The summed E-state index contributed by atoms with van der Waals surface area (Å²) in [5, 5.41) is 2.73. The Kier molecular flexibility index (Phi) is 7.96. The number of ether oxygens (including phenoxy) is 1. The normalized spacial score (nSPS) is 14.6. The quantitative estimate of drug-likeness (QED) is 0.671. The summed E-state index contributed by atoms with van der Waals surface area (Å²) < 4.78 is 46.3. The number of para-hydroxylation sites is 1. The van der Waals surface area contributed by atoms with E-state index in [0.29, 0.717) is 11.4 Å². The highest BCUT2D eigenvalue weighted by atomic mass is 19.4. The first kappa shape index (κ1) is 24.1. The second-order valence-corrected chi connectivity index (χ2v) is 7.62. The van der Waals surface area contributed by atoms with E-state index >= 15 is 0 Å². The van der Waals surface area contributed by atoms with Crippen LogP contribution in [-0.2, 0) is 20.9 Å². The van der Waals surface area contributed by atoms with Crippen molar-refractivity contribution < 1.29 is 36.7 Å². The summed E-state index contributed by atoms with van der Waals surface area (Å²) >= 11 is 0. The van der Waals surface area contributed by atoms with Crippen LogP contribution in [0.15, 0.2) is 53.1 Å². The number of nitrogens with one attached hydrogen (secondary N) is 1. The number of carbonyl (C=O) groups is 3. The van der Waals surface area contributed by atoms with Gasteiger partial charge in [0, 0.05) is 24.7 Å². The van der Waals surface area contributed by atoms with Gasteiger partial charge in [-0.05, 0) is 37.1 Å². The van der Waals surface area contributed by atoms with Gasteiger partial charge in [0.05, 0.1) is 12.8 Å². The number of halogens is 3. The summed E-state index contributed by atoms with van der Waals surface area (Å²) in [4.78, 5) is 40.1. The van der Waals surface area contributed by atoms with Gasteiger partial charge in [-0.15, -0.1) is 0 Å². The molecule has 1 aromatic carbocycles. The van der Waals surface area contributed by atoms with E-state index in [1.165, 1.54) is 11.2 Å². The number of alkyl halides is 3. The fraction of sp³-hybridized carbons (Fsp3) is 0.409. The molecule has 0 unspecified atom stereocenters. The molecule has 3 rings (SSSR count). The molecule has 33 heavy (non-hydrogen) atoms. The average molecular weight is 467 g/mol. The molecule has 1 aliphatic rings. The van der Waals surface area contributed by atoms with Gasteiger partial charge >= 0.3 is 12.3 Å². The van der Waals surface area contributed by atoms with E-state index in [-0.39, 0.29) is 50.8 Å². The van der Waals surface area contributed by atoms with Gasteiger partial charge in [-0.2, -0.15) is 13.2 Å². The Morgan fingerprint density at radius 3 is 2.39 bits per heavy atom. The molecule has 0 spiro atoms. The SMILES string of the molecule is O=C(CN(Cc1ccco1)C(=O)C1CCN(C(=O)OCC(F)(F)F)CC1)Nc1ccccc1. The Balaban J connectivity index is 1.58. The van der Waals surface area contributed by atoms with Gasteiger partial charge in [0.25, 0.3) is 0 Å². The molecule has 3 amide bonds. The van der Waals surface area contributed by atoms with Crippen LogP contribution in [0.1, 0.15) is 18.6 Å². The first-order chi connectivity index (χ1) is 15.7. The summed E-state index contributed by atoms with van der Waals surface area (Å²) in [6.07, 6.45) is -3.71. The topological polar surface area (TPSA) is 92.1 Å². The Morgan fingerprint density at radius 1 is 1.09 bits per heavy atom. The van der Waals surface area contributed by atoms with Gasteiger partial charge in [0.1, 0.15) is 12.3 Å². The predicted molar refractivity (Wildman–Crippen MR) is 111 cm³/mol. The molecule has 1 fully saturated rings. The minimum Gasteiger partial charge on any atom is -0.467 e. The van der Waals surface area contributed by atoms with Crippen molar-refractivity contribution in [1.29, 1.82) is 0 Å². The standard InChI is InChI=1S/C22H24F3N3O5/c23-22(24,25)15-33-21(31)27-10-8-16(9-11-27)20(30)28(13-18-7-4-12-32-18)14-19(29)26-17-5-2-1-3-6-17/h1-7,12,16H,8-11,13-15H2,(H,26,29). The van der Waals surface area contributed by atoms with Crippen molar-refractivity contribution >= 4 is 23.6 Å². The lowest BCUT2D eigenvalue weighted by Crippen LogP contribution is -2.46. The van der Waals surface area contributed by atoms with E-state index < -0.39 is 24.8 Å². The highest BCUT2D eigenvalue weighted by Gasteiger charge is 2.34. The molecule has 1 aromatic heterocycles. The molecule has 1 aliphatic heterocycles. The fourth-order valence-electron chi connectivity index (χ4n) is 3.50. The fourth-order valence-corrected chi connectivity index (χ4v) is 3.50. The number of benzene rings is 1. The highest BCUT2D eigenvalue weighted by Crippen LogP contribution is 2.23. The van der Waals surface area contributed by atoms with Gasteiger partial charge < -0.3 is 24.3 Å². The number of hydrogen-bond acceptors (Lipinski definition) is 5. The predicted octanol–water partition coefficient (Wildman–Crippen LogP) is 3.66. The van der Waals surface area contributed by atoms with Crippen molar-refractivity contribution in [2.75, 3.05) is 31.6 Å². The monoisotopic (exact) mass is 467 g/mol. The molecule has 0 radical (unpaired) electrons. The number of hydrogen-bond donors (Lipinski definition) is 1. The van der Waals surface area contributed by atoms with Crippen LogP contribution in [0.3, 0.4) is 0 Å². The first-order valence-corrected chi connectivity index (χ1v) is 10.4. The Hall–Kier alpha value is -3.50. The molecule has 2 aromatic rings. The maximum absolute atomic E-state index is 13.2. The molecule has 1 N–H and O–H groups in total. The number of rotatable bonds is 7. The summed E-state index contributed by atoms with van der Waals surface area (Å²) in [6, 6.07) is 12.2. The van der Waals surface area contributed by atoms with E-state index in [1.807, 2.05) is 6.07 Å². The van der Waals surface area contributed by atoms with Crippen LogP contribution in [0.5, 0.6) is 0 Å². The average Bonchev–Trinajstić information content (AvgIpc) is 3.30. The van der Waals surface area contributed by atoms with Crippen LogP contribution in [-0.4, -0.2) is 60.1 Å². The third-order valence-corrected chi connectivity index (χ3v) is 5.09. The molecule has 0 bridgehead atoms. The van der Waals surface area contributed by atoms with Gasteiger partial charge in [0.15, 0.2) is 6.61 Å². The first-order valence-electron chi connectivity index (χ1n) is 10.4. The van der Waals surface area contributed by atoms with Crippen molar-refractivity contribution in [3.63, 3.8) is 0 Å². The van der Waals surface area contributed by atoms with Crippen molar-refractivity contribution in [1.82, 2.24) is 9.80 Å². The molecular weight excluding hydrogens is 443 g/mol. The zero-order valence-corrected chi connectivity index (χ0v) is 17.7. The largest absolute Gasteiger partial charge is 0.467 e. The van der Waals surface area contributed by atoms with Gasteiger partial charge in [-0.3, -0.25) is 9.59 Å². The lowest BCUT2D eigenvalue weighted by atomic mass is 9.95. The Bertz CT molecular complexity index is 927. The van der Waals surface area contributed by atoms with Gasteiger partial charge in [-0.1, -0.05) is 18.2 Å². The van der Waals surface area contributed by atoms with E-state index in [2.05, 4.69) is 10.1 Å². The van der Waals surface area contributed by atoms with Crippen LogP contribution in [0.2, 0.25) is 0 Å². The third kappa shape index (κ3) is 7.55. The molecular formula is C22H24F3N3O5. The maximum Gasteiger partial charge on any atom is 0.422 e. The molecule has 8 nitrogen and oxygen atoms in total. The van der Waals surface area contributed by atoms with Crippen molar-refractivity contribution in [2.45, 2.75) is 25.6 Å². The number of amides is 3. The summed E-state index contributed by atoms with van der Waals surface area (Å²) in [5.41, 5.74) is 0.596. The van der Waals surface area contributed by atoms with Crippen LogP contribution in [0.4, 0.5) is 23.7 Å². The molecule has 178 valence electrons. The Morgan fingerprint density at radius 2 is 1.79 bits per heavy atom. The van der Waals surface area contributed by atoms with E-state index in [1.54, 1.807) is 36.4 Å². The van der Waals surface area contributed by atoms with Crippen molar-refractivity contribution in [3.8, 4) is 0 Å². The van der Waals surface area contributed by atoms with Crippen LogP contribution < -0.4 is 5.32 Å². The van der Waals surface area contributed by atoms with Crippen LogP contribution in [0.25, 0.3) is 0 Å². The molecule has 0 aliphatic carbocycles. The summed E-state index contributed by atoms with van der Waals surface area (Å²) in [5.74, 6) is -0.660. The van der Waals surface area contributed by atoms with Crippen molar-refractivity contribution in [2.24, 2.45) is 5.92 Å². The van der Waals surface area contributed by atoms with Crippen LogP contribution in [0, 0.1) is 5.92 Å². The zero-order chi connectivity index (χ0) is 23.8. The smallest absolute Gasteiger partial charge is 0.422 e. The van der Waals surface area contributed by atoms with E-state index in [9.17, 15) is 27.6 Å². The molecule has 2 heterocycles. The number of nitrogens with zero attached hydrogens (tertiary/aromatic N) is 2. The summed E-state index contributed by atoms with van der Waals surface area (Å²) in [7, 11) is 0. The minimum atomic E-state index is -4.60. The summed E-state index contributed by atoms with van der Waals surface area (Å²) in [6.45, 7) is -1.61. The Labute approximate surface area is 188 Å². The molecule has 0 saturated carbocycles. The number of furan rings is 1. The van der Waals surface area contributed by atoms with Gasteiger partial charge in [0.2, 0.25) is 11.8 Å². The second kappa shape index (κ2) is 10.9. The minimum absolute atomic E-state index is 0.0813. The number of carbonyl (C=O) groups excluding carboxylic acids is 3. The highest BCUT2D eigenvalue weighted by molar-refractivity contribution is 5.94. The third-order valence-electron chi connectivity index (χ3n) is 5.09. The van der Waals surface area contributed by atoms with E-state index in [4.69, 9.17) is 4.42 Å². The number of piperidine rings is 1. The van der Waals surface area contributed by atoms with Gasteiger partial charge in [-0.25, -0.2) is 4.79 Å². The number of likely N-dealkylation sites (tertiary alicyclic amines) is 1. The number of anilines is 1. The zero-order valence-electron chi connectivity index (χ0n) is 17.7. The molecule has 1 saturated heterocycles. The van der Waals surface area contributed by atoms with E-state index in [0.717, 1.165) is 4.90 Å². The molecule has 11 heteroatoms. The van der Waals surface area contributed by atoms with Crippen LogP contribution >= 0.6 is 0 Å².